The van der Waals surface area contributed by atoms with E-state index in [1.54, 1.807) is 19.4 Å². The van der Waals surface area contributed by atoms with Crippen molar-refractivity contribution in [1.29, 1.82) is 0 Å². The third kappa shape index (κ3) is 4.02. The van der Waals surface area contributed by atoms with Crippen molar-refractivity contribution in [3.8, 4) is 11.3 Å². The third-order valence-electron chi connectivity index (χ3n) is 5.38. The molecule has 0 spiro atoms. The van der Waals surface area contributed by atoms with Crippen LogP contribution in [0.25, 0.3) is 11.3 Å². The molecule has 0 aliphatic carbocycles. The zero-order chi connectivity index (χ0) is 21.1. The molecule has 0 amide bonds. The van der Waals surface area contributed by atoms with E-state index in [9.17, 15) is 9.59 Å². The Balaban J connectivity index is 1.60. The lowest BCUT2D eigenvalue weighted by atomic mass is 10.0. The Bertz CT molecular complexity index is 1090. The van der Waals surface area contributed by atoms with Crippen LogP contribution in [0.3, 0.4) is 0 Å². The van der Waals surface area contributed by atoms with Crippen molar-refractivity contribution in [3.05, 3.63) is 76.3 Å². The molecule has 1 aliphatic heterocycles. The van der Waals surface area contributed by atoms with Crippen LogP contribution in [0.1, 0.15) is 22.8 Å². The number of benzene rings is 1. The molecule has 1 saturated heterocycles. The zero-order valence-corrected chi connectivity index (χ0v) is 17.1. The largest absolute Gasteiger partial charge is 0.366 e. The molecule has 30 heavy (non-hydrogen) atoms. The SMILES string of the molecule is CCc1ccc(C(=O)C2CN(c3nc(-c4ccncc4)cc(=O)n3C)CCO2)cc1. The van der Waals surface area contributed by atoms with Crippen molar-refractivity contribution in [1.82, 2.24) is 14.5 Å². The Morgan fingerprint density at radius 1 is 1.17 bits per heavy atom. The lowest BCUT2D eigenvalue weighted by Gasteiger charge is -2.33. The highest BCUT2D eigenvalue weighted by Crippen LogP contribution is 2.21. The van der Waals surface area contributed by atoms with Gasteiger partial charge < -0.3 is 9.64 Å². The smallest absolute Gasteiger partial charge is 0.255 e. The molecule has 3 heterocycles. The summed E-state index contributed by atoms with van der Waals surface area (Å²) < 4.78 is 7.28. The minimum absolute atomic E-state index is 0.0577. The maximum absolute atomic E-state index is 13.0. The number of morpholine rings is 1. The van der Waals surface area contributed by atoms with Gasteiger partial charge in [0.15, 0.2) is 5.78 Å². The number of nitrogens with zero attached hydrogens (tertiary/aromatic N) is 4. The molecule has 1 aliphatic rings. The Kier molecular flexibility index (Phi) is 5.72. The summed E-state index contributed by atoms with van der Waals surface area (Å²) in [5, 5.41) is 0. The van der Waals surface area contributed by atoms with Gasteiger partial charge in [-0.05, 0) is 24.1 Å². The van der Waals surface area contributed by atoms with Crippen LogP contribution in [0.2, 0.25) is 0 Å². The topological polar surface area (TPSA) is 77.3 Å². The number of rotatable bonds is 5. The van der Waals surface area contributed by atoms with Crippen molar-refractivity contribution < 1.29 is 9.53 Å². The van der Waals surface area contributed by atoms with Crippen molar-refractivity contribution >= 4 is 11.7 Å². The number of hydrogen-bond donors (Lipinski definition) is 0. The van der Waals surface area contributed by atoms with E-state index in [4.69, 9.17) is 9.72 Å². The van der Waals surface area contributed by atoms with Crippen LogP contribution < -0.4 is 10.5 Å². The predicted molar refractivity (Wildman–Crippen MR) is 115 cm³/mol. The Labute approximate surface area is 175 Å². The van der Waals surface area contributed by atoms with Crippen LogP contribution in [0, 0.1) is 0 Å². The van der Waals surface area contributed by atoms with Crippen LogP contribution in [0.15, 0.2) is 59.7 Å². The number of hydrogen-bond acceptors (Lipinski definition) is 6. The lowest BCUT2D eigenvalue weighted by Crippen LogP contribution is -2.48. The van der Waals surface area contributed by atoms with Crippen LogP contribution in [-0.2, 0) is 18.2 Å². The fourth-order valence-corrected chi connectivity index (χ4v) is 3.56. The van der Waals surface area contributed by atoms with Crippen LogP contribution in [0.5, 0.6) is 0 Å². The Morgan fingerprint density at radius 2 is 1.90 bits per heavy atom. The number of pyridine rings is 1. The van der Waals surface area contributed by atoms with E-state index in [1.165, 1.54) is 16.2 Å². The molecule has 1 atom stereocenters. The molecule has 4 rings (SSSR count). The van der Waals surface area contributed by atoms with Gasteiger partial charge in [0.05, 0.1) is 18.8 Å². The summed E-state index contributed by atoms with van der Waals surface area (Å²) in [6, 6.07) is 12.8. The Morgan fingerprint density at radius 3 is 2.60 bits per heavy atom. The van der Waals surface area contributed by atoms with Gasteiger partial charge in [-0.3, -0.25) is 19.1 Å². The van der Waals surface area contributed by atoms with E-state index in [2.05, 4.69) is 11.9 Å². The van der Waals surface area contributed by atoms with Crippen molar-refractivity contribution in [2.45, 2.75) is 19.4 Å². The second-order valence-corrected chi connectivity index (χ2v) is 7.29. The maximum atomic E-state index is 13.0. The summed E-state index contributed by atoms with van der Waals surface area (Å²) in [5.74, 6) is 0.467. The number of aryl methyl sites for hydroxylation is 1. The van der Waals surface area contributed by atoms with Crippen LogP contribution >= 0.6 is 0 Å². The van der Waals surface area contributed by atoms with E-state index < -0.39 is 6.10 Å². The number of anilines is 1. The van der Waals surface area contributed by atoms with Crippen molar-refractivity contribution in [3.63, 3.8) is 0 Å². The molecule has 1 aromatic carbocycles. The first-order chi connectivity index (χ1) is 14.6. The number of ketones is 1. The number of Topliss-reactive ketones (excluding diaryl/α,β-unsaturated/α-hetero) is 1. The van der Waals surface area contributed by atoms with Gasteiger partial charge in [0.25, 0.3) is 5.56 Å². The van der Waals surface area contributed by atoms with Gasteiger partial charge in [0.2, 0.25) is 5.95 Å². The summed E-state index contributed by atoms with van der Waals surface area (Å²) in [4.78, 5) is 36.2. The third-order valence-corrected chi connectivity index (χ3v) is 5.38. The number of aromatic nitrogens is 3. The molecule has 0 N–H and O–H groups in total. The Hall–Kier alpha value is -3.32. The van der Waals surface area contributed by atoms with E-state index in [0.29, 0.717) is 36.9 Å². The van der Waals surface area contributed by atoms with Crippen LogP contribution in [0.4, 0.5) is 5.95 Å². The van der Waals surface area contributed by atoms with Gasteiger partial charge in [-0.25, -0.2) is 4.98 Å². The molecular formula is C23H24N4O3. The number of carbonyl (C=O) groups excluding carboxylic acids is 1. The molecular weight excluding hydrogens is 380 g/mol. The summed E-state index contributed by atoms with van der Waals surface area (Å²) in [7, 11) is 1.69. The van der Waals surface area contributed by atoms with E-state index in [0.717, 1.165) is 12.0 Å². The van der Waals surface area contributed by atoms with Gasteiger partial charge in [-0.1, -0.05) is 31.2 Å². The highest BCUT2D eigenvalue weighted by molar-refractivity contribution is 6.00. The molecule has 154 valence electrons. The first-order valence-electron chi connectivity index (χ1n) is 10.0. The average Bonchev–Trinajstić information content (AvgIpc) is 2.81. The molecule has 0 saturated carbocycles. The monoisotopic (exact) mass is 404 g/mol. The second kappa shape index (κ2) is 8.59. The van der Waals surface area contributed by atoms with Gasteiger partial charge >= 0.3 is 0 Å². The van der Waals surface area contributed by atoms with Gasteiger partial charge in [-0.2, -0.15) is 0 Å². The van der Waals surface area contributed by atoms with E-state index in [-0.39, 0.29) is 11.3 Å². The van der Waals surface area contributed by atoms with Gasteiger partial charge in [-0.15, -0.1) is 0 Å². The molecule has 7 heteroatoms. The van der Waals surface area contributed by atoms with Crippen LogP contribution in [-0.4, -0.2) is 46.1 Å². The van der Waals surface area contributed by atoms with Crippen molar-refractivity contribution in [2.75, 3.05) is 24.6 Å². The van der Waals surface area contributed by atoms with Gasteiger partial charge in [0.1, 0.15) is 6.10 Å². The zero-order valence-electron chi connectivity index (χ0n) is 17.1. The molecule has 2 aromatic heterocycles. The summed E-state index contributed by atoms with van der Waals surface area (Å²) in [5.41, 5.74) is 3.06. The maximum Gasteiger partial charge on any atom is 0.255 e. The molecule has 0 bridgehead atoms. The summed E-state index contributed by atoms with van der Waals surface area (Å²) >= 11 is 0. The first kappa shape index (κ1) is 20.0. The minimum atomic E-state index is -0.604. The molecule has 1 fully saturated rings. The lowest BCUT2D eigenvalue weighted by molar-refractivity contribution is 0.0337. The fourth-order valence-electron chi connectivity index (χ4n) is 3.56. The number of ether oxygens (including phenoxy) is 1. The molecule has 7 nitrogen and oxygen atoms in total. The summed E-state index contributed by atoms with van der Waals surface area (Å²) in [6.45, 7) is 3.36. The highest BCUT2D eigenvalue weighted by atomic mass is 16.5. The average molecular weight is 404 g/mol. The predicted octanol–water partition coefficient (Wildman–Crippen LogP) is 2.49. The minimum Gasteiger partial charge on any atom is -0.366 e. The molecule has 0 radical (unpaired) electrons. The number of carbonyl (C=O) groups is 1. The first-order valence-corrected chi connectivity index (χ1v) is 10.0. The van der Waals surface area contributed by atoms with Crippen molar-refractivity contribution in [2.24, 2.45) is 7.05 Å². The normalized spacial score (nSPS) is 16.5. The van der Waals surface area contributed by atoms with E-state index >= 15 is 0 Å². The van der Waals surface area contributed by atoms with E-state index in [1.807, 2.05) is 41.3 Å². The summed E-state index contributed by atoms with van der Waals surface area (Å²) in [6.07, 6.45) is 3.66. The molecule has 1 unspecified atom stereocenters. The highest BCUT2D eigenvalue weighted by Gasteiger charge is 2.29. The quantitative estimate of drug-likeness (QED) is 0.608. The van der Waals surface area contributed by atoms with Gasteiger partial charge in [0, 0.05) is 43.2 Å². The fraction of sp³-hybridized carbons (Fsp3) is 0.304. The molecule has 3 aromatic rings. The second-order valence-electron chi connectivity index (χ2n) is 7.29. The standard InChI is InChI=1S/C23H24N4O3/c1-3-16-4-6-18(7-5-16)22(29)20-15-27(12-13-30-20)23-25-19(14-21(28)26(23)2)17-8-10-24-11-9-17/h4-11,14,20H,3,12-13,15H2,1-2H3.